The van der Waals surface area contributed by atoms with Gasteiger partial charge in [0.15, 0.2) is 5.70 Å². The Balaban J connectivity index is 1.98. The quantitative estimate of drug-likeness (QED) is 0.629. The van der Waals surface area contributed by atoms with E-state index in [2.05, 4.69) is 9.98 Å². The number of benzene rings is 1. The summed E-state index contributed by atoms with van der Waals surface area (Å²) in [6.07, 6.45) is 4.93. The molecule has 0 unspecified atom stereocenters. The van der Waals surface area contributed by atoms with E-state index in [1.807, 2.05) is 6.07 Å². The van der Waals surface area contributed by atoms with Crippen LogP contribution in [0.5, 0.6) is 0 Å². The maximum absolute atomic E-state index is 11.8. The average molecular weight is 285 g/mol. The molecule has 0 fully saturated rings. The lowest BCUT2D eigenvalue weighted by Gasteiger charge is -2.00. The van der Waals surface area contributed by atoms with Gasteiger partial charge < -0.3 is 4.74 Å². The monoisotopic (exact) mass is 284 g/mol. The maximum atomic E-state index is 11.8. The van der Waals surface area contributed by atoms with Gasteiger partial charge >= 0.3 is 5.97 Å². The smallest absolute Gasteiger partial charge is 0.363 e. The second kappa shape index (κ2) is 5.27. The number of aromatic nitrogens is 1. The summed E-state index contributed by atoms with van der Waals surface area (Å²) in [5, 5.41) is 0.488. The molecule has 2 aromatic rings. The highest BCUT2D eigenvalue weighted by molar-refractivity contribution is 6.34. The number of carbonyl (C=O) groups is 1. The van der Waals surface area contributed by atoms with Crippen LogP contribution < -0.4 is 0 Å². The van der Waals surface area contributed by atoms with Crippen LogP contribution in [0.4, 0.5) is 0 Å². The van der Waals surface area contributed by atoms with Crippen molar-refractivity contribution in [2.24, 2.45) is 4.99 Å². The summed E-state index contributed by atoms with van der Waals surface area (Å²) in [6.45, 7) is 0. The van der Waals surface area contributed by atoms with Crippen molar-refractivity contribution in [2.75, 3.05) is 0 Å². The Bertz CT molecular complexity index is 724. The van der Waals surface area contributed by atoms with E-state index in [9.17, 15) is 4.79 Å². The minimum absolute atomic E-state index is 0.218. The number of cyclic esters (lactones) is 1. The molecule has 0 radical (unpaired) electrons. The Morgan fingerprint density at radius 3 is 2.75 bits per heavy atom. The first kappa shape index (κ1) is 12.6. The maximum Gasteiger partial charge on any atom is 0.363 e. The van der Waals surface area contributed by atoms with Crippen LogP contribution in [0, 0.1) is 0 Å². The van der Waals surface area contributed by atoms with E-state index in [-0.39, 0.29) is 11.6 Å². The van der Waals surface area contributed by atoms with Gasteiger partial charge in [-0.15, -0.1) is 0 Å². The molecule has 0 atom stereocenters. The van der Waals surface area contributed by atoms with Crippen LogP contribution in [0.25, 0.3) is 6.08 Å². The molecule has 1 aliphatic rings. The van der Waals surface area contributed by atoms with E-state index < -0.39 is 5.97 Å². The molecule has 0 bridgehead atoms. The largest absolute Gasteiger partial charge is 0.402 e. The first-order chi connectivity index (χ1) is 9.74. The zero-order valence-corrected chi connectivity index (χ0v) is 11.0. The molecule has 0 amide bonds. The highest BCUT2D eigenvalue weighted by Gasteiger charge is 2.25. The summed E-state index contributed by atoms with van der Waals surface area (Å²) in [6, 6.07) is 10.7. The van der Waals surface area contributed by atoms with E-state index in [1.165, 1.54) is 0 Å². The molecule has 0 N–H and O–H groups in total. The normalized spacial score (nSPS) is 16.1. The number of aliphatic imine (C=N–C) groups is 1. The van der Waals surface area contributed by atoms with E-state index in [1.54, 1.807) is 48.8 Å². The van der Waals surface area contributed by atoms with Gasteiger partial charge in [-0.05, 0) is 29.8 Å². The number of esters is 1. The lowest BCUT2D eigenvalue weighted by Crippen LogP contribution is -2.05. The number of hydrogen-bond acceptors (Lipinski definition) is 4. The molecule has 0 aliphatic carbocycles. The number of carbonyl (C=O) groups excluding carboxylic acids is 1. The second-order valence-corrected chi connectivity index (χ2v) is 4.51. The molecule has 20 heavy (non-hydrogen) atoms. The molecule has 5 heteroatoms. The molecular formula is C15H9ClN2O2. The third-order valence-corrected chi connectivity index (χ3v) is 3.04. The van der Waals surface area contributed by atoms with Crippen molar-refractivity contribution in [3.63, 3.8) is 0 Å². The fraction of sp³-hybridized carbons (Fsp3) is 0. The van der Waals surface area contributed by atoms with Crippen LogP contribution in [0.3, 0.4) is 0 Å². The third-order valence-electron chi connectivity index (χ3n) is 2.71. The SMILES string of the molecule is O=C1OC(c2ccccc2Cl)=N/C1=C\c1cccnc1. The summed E-state index contributed by atoms with van der Waals surface area (Å²) in [5.74, 6) is -0.278. The second-order valence-electron chi connectivity index (χ2n) is 4.10. The predicted molar refractivity (Wildman–Crippen MR) is 76.3 cm³/mol. The minimum Gasteiger partial charge on any atom is -0.402 e. The van der Waals surface area contributed by atoms with Gasteiger partial charge in [0, 0.05) is 12.4 Å². The molecule has 1 aromatic heterocycles. The van der Waals surface area contributed by atoms with Crippen LogP contribution >= 0.6 is 11.6 Å². The molecular weight excluding hydrogens is 276 g/mol. The van der Waals surface area contributed by atoms with Crippen molar-refractivity contribution in [1.29, 1.82) is 0 Å². The lowest BCUT2D eigenvalue weighted by atomic mass is 10.2. The van der Waals surface area contributed by atoms with E-state index >= 15 is 0 Å². The van der Waals surface area contributed by atoms with Crippen molar-refractivity contribution >= 4 is 29.5 Å². The number of ether oxygens (including phenoxy) is 1. The molecule has 1 aromatic carbocycles. The number of pyridine rings is 1. The molecule has 2 heterocycles. The molecule has 4 nitrogen and oxygen atoms in total. The zero-order chi connectivity index (χ0) is 13.9. The highest BCUT2D eigenvalue weighted by Crippen LogP contribution is 2.23. The van der Waals surface area contributed by atoms with Crippen LogP contribution in [0.1, 0.15) is 11.1 Å². The molecule has 98 valence electrons. The fourth-order valence-electron chi connectivity index (χ4n) is 1.78. The molecule has 0 spiro atoms. The Morgan fingerprint density at radius 2 is 2.00 bits per heavy atom. The van der Waals surface area contributed by atoms with E-state index in [0.717, 1.165) is 5.56 Å². The number of hydrogen-bond donors (Lipinski definition) is 0. The first-order valence-corrected chi connectivity index (χ1v) is 6.29. The van der Waals surface area contributed by atoms with Crippen molar-refractivity contribution in [2.45, 2.75) is 0 Å². The Labute approximate surface area is 120 Å². The van der Waals surface area contributed by atoms with Crippen molar-refractivity contribution in [3.8, 4) is 0 Å². The fourth-order valence-corrected chi connectivity index (χ4v) is 1.99. The van der Waals surface area contributed by atoms with Gasteiger partial charge in [-0.1, -0.05) is 29.8 Å². The van der Waals surface area contributed by atoms with Crippen LogP contribution in [0.15, 0.2) is 59.5 Å². The molecule has 0 saturated carbocycles. The summed E-state index contributed by atoms with van der Waals surface area (Å²) in [5.41, 5.74) is 1.61. The molecule has 0 saturated heterocycles. The van der Waals surface area contributed by atoms with Gasteiger partial charge in [-0.2, -0.15) is 0 Å². The van der Waals surface area contributed by atoms with Crippen molar-refractivity contribution < 1.29 is 9.53 Å². The summed E-state index contributed by atoms with van der Waals surface area (Å²) in [7, 11) is 0. The van der Waals surface area contributed by atoms with Gasteiger partial charge in [0.1, 0.15) is 0 Å². The van der Waals surface area contributed by atoms with Crippen LogP contribution in [0.2, 0.25) is 5.02 Å². The Hall–Kier alpha value is -2.46. The van der Waals surface area contributed by atoms with Gasteiger partial charge in [-0.3, -0.25) is 4.98 Å². The van der Waals surface area contributed by atoms with Crippen molar-refractivity contribution in [1.82, 2.24) is 4.98 Å². The summed E-state index contributed by atoms with van der Waals surface area (Å²) >= 11 is 6.06. The topological polar surface area (TPSA) is 51.5 Å². The highest BCUT2D eigenvalue weighted by atomic mass is 35.5. The zero-order valence-electron chi connectivity index (χ0n) is 10.3. The standard InChI is InChI=1S/C15H9ClN2O2/c16-12-6-2-1-5-11(12)14-18-13(15(19)20-14)8-10-4-3-7-17-9-10/h1-9H/b13-8-. The van der Waals surface area contributed by atoms with Crippen molar-refractivity contribution in [3.05, 3.63) is 70.6 Å². The number of nitrogens with zero attached hydrogens (tertiary/aromatic N) is 2. The summed E-state index contributed by atoms with van der Waals surface area (Å²) in [4.78, 5) is 20.0. The molecule has 3 rings (SSSR count). The van der Waals surface area contributed by atoms with Gasteiger partial charge in [0.2, 0.25) is 5.90 Å². The summed E-state index contributed by atoms with van der Waals surface area (Å²) < 4.78 is 5.15. The van der Waals surface area contributed by atoms with Gasteiger partial charge in [0.05, 0.1) is 10.6 Å². The Morgan fingerprint density at radius 1 is 1.15 bits per heavy atom. The third kappa shape index (κ3) is 2.46. The number of rotatable bonds is 2. The number of halogens is 1. The predicted octanol–water partition coefficient (Wildman–Crippen LogP) is 3.08. The minimum atomic E-state index is -0.497. The van der Waals surface area contributed by atoms with E-state index in [4.69, 9.17) is 16.3 Å². The van der Waals surface area contributed by atoms with E-state index in [0.29, 0.717) is 10.6 Å². The van der Waals surface area contributed by atoms with Gasteiger partial charge in [-0.25, -0.2) is 9.79 Å². The van der Waals surface area contributed by atoms with Crippen LogP contribution in [-0.2, 0) is 9.53 Å². The first-order valence-electron chi connectivity index (χ1n) is 5.91. The molecule has 1 aliphatic heterocycles. The lowest BCUT2D eigenvalue weighted by molar-refractivity contribution is -0.129. The Kier molecular flexibility index (Phi) is 3.31. The van der Waals surface area contributed by atoms with Gasteiger partial charge in [0.25, 0.3) is 0 Å². The van der Waals surface area contributed by atoms with Crippen LogP contribution in [-0.4, -0.2) is 16.9 Å². The average Bonchev–Trinajstić information content (AvgIpc) is 2.81.